The second-order valence-electron chi connectivity index (χ2n) is 9.40. The van der Waals surface area contributed by atoms with Gasteiger partial charge in [-0.1, -0.05) is 66.0 Å². The summed E-state index contributed by atoms with van der Waals surface area (Å²) in [6.07, 6.45) is 5.15. The predicted octanol–water partition coefficient (Wildman–Crippen LogP) is 5.71. The van der Waals surface area contributed by atoms with Crippen molar-refractivity contribution in [1.82, 2.24) is 15.0 Å². The van der Waals surface area contributed by atoms with Crippen LogP contribution in [0.4, 0.5) is 4.79 Å². The summed E-state index contributed by atoms with van der Waals surface area (Å²) in [6, 6.07) is 16.4. The van der Waals surface area contributed by atoms with E-state index < -0.39 is 6.16 Å². The highest BCUT2D eigenvalue weighted by Crippen LogP contribution is 2.44. The number of aryl methyl sites for hydroxylation is 1. The summed E-state index contributed by atoms with van der Waals surface area (Å²) in [7, 11) is 0. The van der Waals surface area contributed by atoms with E-state index >= 15 is 0 Å². The number of nitrogens with zero attached hydrogens (tertiary/aromatic N) is 3. The SMILES string of the molecule is O=C(O)OC1CN(Cc2ccc(-c3noc(CCC4(c5ccc(Cl)cc5)CCCC4)n3)cc2)C1. The van der Waals surface area contributed by atoms with E-state index in [1.165, 1.54) is 31.2 Å². The van der Waals surface area contributed by atoms with Crippen LogP contribution in [0, 0.1) is 0 Å². The smallest absolute Gasteiger partial charge is 0.450 e. The van der Waals surface area contributed by atoms with Gasteiger partial charge in [-0.2, -0.15) is 4.98 Å². The molecule has 7 nitrogen and oxygen atoms in total. The first-order valence-corrected chi connectivity index (χ1v) is 12.2. The van der Waals surface area contributed by atoms with Gasteiger partial charge in [0.1, 0.15) is 6.10 Å². The van der Waals surface area contributed by atoms with Gasteiger partial charge in [0.2, 0.25) is 11.7 Å². The van der Waals surface area contributed by atoms with Crippen molar-refractivity contribution in [3.63, 3.8) is 0 Å². The van der Waals surface area contributed by atoms with Crippen LogP contribution < -0.4 is 0 Å². The second kappa shape index (κ2) is 9.76. The molecule has 3 aromatic rings. The molecule has 0 amide bonds. The van der Waals surface area contributed by atoms with E-state index in [1.54, 1.807) is 0 Å². The Morgan fingerprint density at radius 3 is 2.50 bits per heavy atom. The largest absolute Gasteiger partial charge is 0.506 e. The third-order valence-electron chi connectivity index (χ3n) is 7.11. The van der Waals surface area contributed by atoms with Gasteiger partial charge >= 0.3 is 6.16 Å². The Kier molecular flexibility index (Phi) is 6.57. The molecule has 2 aliphatic rings. The zero-order valence-electron chi connectivity index (χ0n) is 19.0. The number of aromatic nitrogens is 2. The van der Waals surface area contributed by atoms with Gasteiger partial charge in [-0.3, -0.25) is 4.90 Å². The maximum atomic E-state index is 10.6. The van der Waals surface area contributed by atoms with Crippen LogP contribution in [-0.2, 0) is 23.1 Å². The molecule has 0 atom stereocenters. The van der Waals surface area contributed by atoms with Gasteiger partial charge in [-0.15, -0.1) is 0 Å². The summed E-state index contributed by atoms with van der Waals surface area (Å²) in [6.45, 7) is 2.00. The lowest BCUT2D eigenvalue weighted by molar-refractivity contribution is -0.0363. The Hall–Kier alpha value is -2.90. The molecule has 1 aliphatic heterocycles. The van der Waals surface area contributed by atoms with E-state index in [-0.39, 0.29) is 11.5 Å². The summed E-state index contributed by atoms with van der Waals surface area (Å²) in [4.78, 5) is 17.4. The minimum absolute atomic E-state index is 0.159. The Balaban J connectivity index is 1.18. The molecule has 0 unspecified atom stereocenters. The lowest BCUT2D eigenvalue weighted by Gasteiger charge is -2.37. The molecule has 0 spiro atoms. The fourth-order valence-electron chi connectivity index (χ4n) is 5.24. The zero-order chi connectivity index (χ0) is 23.5. The summed E-state index contributed by atoms with van der Waals surface area (Å²) in [5.41, 5.74) is 3.58. The zero-order valence-corrected chi connectivity index (χ0v) is 19.7. The molecule has 2 aromatic carbocycles. The quantitative estimate of drug-likeness (QED) is 0.412. The van der Waals surface area contributed by atoms with E-state index in [0.717, 1.165) is 35.5 Å². The van der Waals surface area contributed by atoms with Crippen LogP contribution >= 0.6 is 11.6 Å². The molecular weight excluding hydrogens is 454 g/mol. The molecule has 1 aromatic heterocycles. The van der Waals surface area contributed by atoms with E-state index in [1.807, 2.05) is 36.4 Å². The standard InChI is InChI=1S/C26H28ClN3O4/c27-21-9-7-20(8-10-21)26(12-1-2-13-26)14-11-23-28-24(29-34-23)19-5-3-18(4-6-19)15-30-16-22(17-30)33-25(31)32/h3-10,22H,1-2,11-17H2,(H,31,32). The number of rotatable bonds is 8. The van der Waals surface area contributed by atoms with Crippen LogP contribution in [0.5, 0.6) is 0 Å². The number of likely N-dealkylation sites (tertiary alicyclic amines) is 1. The average Bonchev–Trinajstić information content (AvgIpc) is 3.48. The number of benzene rings is 2. The normalized spacial score (nSPS) is 18.0. The summed E-state index contributed by atoms with van der Waals surface area (Å²) >= 11 is 6.10. The summed E-state index contributed by atoms with van der Waals surface area (Å²) in [5.74, 6) is 1.27. The van der Waals surface area contributed by atoms with Crippen molar-refractivity contribution in [3.8, 4) is 11.4 Å². The Morgan fingerprint density at radius 1 is 1.12 bits per heavy atom. The van der Waals surface area contributed by atoms with Crippen molar-refractivity contribution in [1.29, 1.82) is 0 Å². The molecule has 178 valence electrons. The first-order valence-electron chi connectivity index (χ1n) is 11.8. The lowest BCUT2D eigenvalue weighted by atomic mass is 9.75. The highest BCUT2D eigenvalue weighted by molar-refractivity contribution is 6.30. The van der Waals surface area contributed by atoms with E-state index in [2.05, 4.69) is 27.2 Å². The molecule has 1 aliphatic carbocycles. The monoisotopic (exact) mass is 481 g/mol. The van der Waals surface area contributed by atoms with E-state index in [9.17, 15) is 4.79 Å². The van der Waals surface area contributed by atoms with Crippen molar-refractivity contribution in [2.24, 2.45) is 0 Å². The highest BCUT2D eigenvalue weighted by Gasteiger charge is 2.35. The van der Waals surface area contributed by atoms with E-state index in [4.69, 9.17) is 26.0 Å². The molecule has 8 heteroatoms. The molecule has 1 saturated carbocycles. The third-order valence-corrected chi connectivity index (χ3v) is 7.36. The van der Waals surface area contributed by atoms with Gasteiger partial charge in [0.15, 0.2) is 0 Å². The van der Waals surface area contributed by atoms with Gasteiger partial charge in [-0.25, -0.2) is 4.79 Å². The fourth-order valence-corrected chi connectivity index (χ4v) is 5.37. The average molecular weight is 482 g/mol. The van der Waals surface area contributed by atoms with Gasteiger partial charge in [0.05, 0.1) is 0 Å². The topological polar surface area (TPSA) is 88.7 Å². The third kappa shape index (κ3) is 5.10. The van der Waals surface area contributed by atoms with Gasteiger partial charge in [0.25, 0.3) is 0 Å². The maximum Gasteiger partial charge on any atom is 0.506 e. The Morgan fingerprint density at radius 2 is 1.82 bits per heavy atom. The van der Waals surface area contributed by atoms with Crippen molar-refractivity contribution >= 4 is 17.8 Å². The van der Waals surface area contributed by atoms with Gasteiger partial charge in [0, 0.05) is 36.6 Å². The predicted molar refractivity (Wildman–Crippen MR) is 128 cm³/mol. The second-order valence-corrected chi connectivity index (χ2v) is 9.84. The van der Waals surface area contributed by atoms with Crippen LogP contribution in [0.1, 0.15) is 49.1 Å². The molecule has 5 rings (SSSR count). The number of ether oxygens (including phenoxy) is 1. The van der Waals surface area contributed by atoms with Crippen LogP contribution in [0.2, 0.25) is 5.02 Å². The number of carboxylic acid groups (broad SMARTS) is 1. The summed E-state index contributed by atoms with van der Waals surface area (Å²) < 4.78 is 10.4. The van der Waals surface area contributed by atoms with E-state index in [0.29, 0.717) is 24.8 Å². The van der Waals surface area contributed by atoms with Gasteiger partial charge < -0.3 is 14.4 Å². The first kappa shape index (κ1) is 22.9. The number of hydrogen-bond acceptors (Lipinski definition) is 6. The number of halogens is 1. The molecule has 2 heterocycles. The fraction of sp³-hybridized carbons (Fsp3) is 0.423. The van der Waals surface area contributed by atoms with Crippen molar-refractivity contribution in [2.75, 3.05) is 13.1 Å². The van der Waals surface area contributed by atoms with Crippen LogP contribution in [0.15, 0.2) is 53.1 Å². The van der Waals surface area contributed by atoms with Crippen LogP contribution in [0.25, 0.3) is 11.4 Å². The van der Waals surface area contributed by atoms with Gasteiger partial charge in [-0.05, 0) is 47.9 Å². The molecule has 34 heavy (non-hydrogen) atoms. The van der Waals surface area contributed by atoms with Crippen molar-refractivity contribution in [3.05, 3.63) is 70.6 Å². The van der Waals surface area contributed by atoms with Crippen LogP contribution in [0.3, 0.4) is 0 Å². The molecule has 2 fully saturated rings. The highest BCUT2D eigenvalue weighted by atomic mass is 35.5. The Bertz CT molecular complexity index is 1120. The minimum Gasteiger partial charge on any atom is -0.450 e. The molecule has 0 bridgehead atoms. The molecular formula is C26H28ClN3O4. The Labute approximate surface area is 203 Å². The van der Waals surface area contributed by atoms with Crippen LogP contribution in [-0.4, -0.2) is 45.5 Å². The minimum atomic E-state index is -1.21. The molecule has 0 radical (unpaired) electrons. The summed E-state index contributed by atoms with van der Waals surface area (Å²) in [5, 5.41) is 13.6. The van der Waals surface area contributed by atoms with Crippen molar-refractivity contribution < 1.29 is 19.2 Å². The number of carbonyl (C=O) groups is 1. The molecule has 1 saturated heterocycles. The molecule has 1 N–H and O–H groups in total. The van der Waals surface area contributed by atoms with Crippen molar-refractivity contribution in [2.45, 2.75) is 56.6 Å². The first-order chi connectivity index (χ1) is 16.5. The lowest BCUT2D eigenvalue weighted by Crippen LogP contribution is -2.52. The maximum absolute atomic E-state index is 10.6. The number of hydrogen-bond donors (Lipinski definition) is 1.